The van der Waals surface area contributed by atoms with Crippen molar-refractivity contribution >= 4 is 23.2 Å². The number of carbonyl (C=O) groups excluding carboxylic acids is 2. The summed E-state index contributed by atoms with van der Waals surface area (Å²) in [6.45, 7) is 3.94. The number of nitrogens with two attached hydrogens (primary N) is 1. The van der Waals surface area contributed by atoms with Crippen molar-refractivity contribution < 1.29 is 9.59 Å². The molecule has 7 heteroatoms. The average molecular weight is 355 g/mol. The summed E-state index contributed by atoms with van der Waals surface area (Å²) in [4.78, 5) is 29.5. The quantitative estimate of drug-likeness (QED) is 0.714. The van der Waals surface area contributed by atoms with E-state index in [9.17, 15) is 9.59 Å². The van der Waals surface area contributed by atoms with Gasteiger partial charge < -0.3 is 11.1 Å². The Hall–Kier alpha value is -2.70. The van der Waals surface area contributed by atoms with Gasteiger partial charge in [-0.2, -0.15) is 5.10 Å². The largest absolute Gasteiger partial charge is 0.383 e. The highest BCUT2D eigenvalue weighted by atomic mass is 16.2. The molecule has 0 spiro atoms. The van der Waals surface area contributed by atoms with Crippen molar-refractivity contribution in [1.82, 2.24) is 15.2 Å². The summed E-state index contributed by atoms with van der Waals surface area (Å²) in [6, 6.07) is 1.72. The molecule has 1 saturated carbocycles. The smallest absolute Gasteiger partial charge is 0.292 e. The first kappa shape index (κ1) is 18.1. The Balaban J connectivity index is 1.77. The molecular weight excluding hydrogens is 330 g/mol. The van der Waals surface area contributed by atoms with Crippen LogP contribution in [0.5, 0.6) is 0 Å². The second kappa shape index (κ2) is 7.68. The number of aryl methyl sites for hydroxylation is 1. The number of pyridine rings is 1. The highest BCUT2D eigenvalue weighted by Gasteiger charge is 2.38. The molecule has 1 fully saturated rings. The van der Waals surface area contributed by atoms with Gasteiger partial charge in [-0.1, -0.05) is 13.3 Å². The summed E-state index contributed by atoms with van der Waals surface area (Å²) in [6.07, 6.45) is 8.76. The lowest BCUT2D eigenvalue weighted by molar-refractivity contribution is -0.138. The fourth-order valence-electron chi connectivity index (χ4n) is 3.80. The summed E-state index contributed by atoms with van der Waals surface area (Å²) in [7, 11) is 0. The number of nitrogens with one attached hydrogen (secondary N) is 2. The lowest BCUT2D eigenvalue weighted by Gasteiger charge is -2.34. The number of aromatic nitrogens is 3. The molecule has 0 aliphatic heterocycles. The van der Waals surface area contributed by atoms with E-state index in [1.54, 1.807) is 12.3 Å². The van der Waals surface area contributed by atoms with Crippen LogP contribution in [0.15, 0.2) is 24.7 Å². The number of hydrogen-bond acceptors (Lipinski definition) is 5. The first-order chi connectivity index (χ1) is 12.5. The summed E-state index contributed by atoms with van der Waals surface area (Å²) >= 11 is 0. The maximum atomic E-state index is 12.9. The van der Waals surface area contributed by atoms with E-state index in [1.807, 2.05) is 13.1 Å². The van der Waals surface area contributed by atoms with Crippen LogP contribution >= 0.6 is 0 Å². The first-order valence-electron chi connectivity index (χ1n) is 9.05. The van der Waals surface area contributed by atoms with E-state index in [0.717, 1.165) is 36.8 Å². The van der Waals surface area contributed by atoms with Crippen molar-refractivity contribution in [3.8, 4) is 0 Å². The number of anilines is 2. The van der Waals surface area contributed by atoms with Crippen LogP contribution in [0.3, 0.4) is 0 Å². The SMILES string of the molecule is CC[C@@H]1CC[C@@H](c2cn[nH]c2)C(C(=O)C(=O)Nc2cnc(N)c(C)c2)C1. The van der Waals surface area contributed by atoms with Crippen LogP contribution in [0, 0.1) is 18.8 Å². The van der Waals surface area contributed by atoms with Gasteiger partial charge in [-0.3, -0.25) is 14.7 Å². The number of aromatic amines is 1. The molecule has 4 N–H and O–H groups in total. The zero-order valence-corrected chi connectivity index (χ0v) is 15.2. The Morgan fingerprint density at radius 2 is 2.15 bits per heavy atom. The normalized spacial score (nSPS) is 22.8. The minimum absolute atomic E-state index is 0.0288. The number of amides is 1. The van der Waals surface area contributed by atoms with Gasteiger partial charge in [0.25, 0.3) is 5.91 Å². The van der Waals surface area contributed by atoms with E-state index in [0.29, 0.717) is 17.4 Å². The molecule has 7 nitrogen and oxygen atoms in total. The molecule has 0 radical (unpaired) electrons. The van der Waals surface area contributed by atoms with E-state index in [2.05, 4.69) is 27.4 Å². The van der Waals surface area contributed by atoms with Gasteiger partial charge in [0.15, 0.2) is 0 Å². The molecule has 1 aliphatic rings. The number of carbonyl (C=O) groups is 2. The van der Waals surface area contributed by atoms with Crippen molar-refractivity contribution in [3.05, 3.63) is 35.8 Å². The lowest BCUT2D eigenvalue weighted by Crippen LogP contribution is -2.36. The number of rotatable bonds is 5. The number of hydrogen-bond donors (Lipinski definition) is 3. The molecule has 26 heavy (non-hydrogen) atoms. The summed E-state index contributed by atoms with van der Waals surface area (Å²) in [5.41, 5.74) is 7.94. The summed E-state index contributed by atoms with van der Waals surface area (Å²) < 4.78 is 0. The number of nitrogen functional groups attached to an aromatic ring is 1. The second-order valence-corrected chi connectivity index (χ2v) is 7.08. The Bertz CT molecular complexity index is 787. The molecule has 3 atom stereocenters. The fourth-order valence-corrected chi connectivity index (χ4v) is 3.80. The van der Waals surface area contributed by atoms with Crippen LogP contribution in [-0.2, 0) is 9.59 Å². The Morgan fingerprint density at radius 1 is 1.35 bits per heavy atom. The Labute approximate surface area is 152 Å². The van der Waals surface area contributed by atoms with Gasteiger partial charge in [0.2, 0.25) is 5.78 Å². The number of nitrogens with zero attached hydrogens (tertiary/aromatic N) is 2. The van der Waals surface area contributed by atoms with E-state index < -0.39 is 5.91 Å². The van der Waals surface area contributed by atoms with Crippen molar-refractivity contribution in [1.29, 1.82) is 0 Å². The van der Waals surface area contributed by atoms with E-state index in [4.69, 9.17) is 5.73 Å². The van der Waals surface area contributed by atoms with Gasteiger partial charge in [-0.05, 0) is 55.2 Å². The van der Waals surface area contributed by atoms with E-state index in [-0.39, 0.29) is 17.6 Å². The molecule has 2 aromatic heterocycles. The molecule has 3 rings (SSSR count). The Morgan fingerprint density at radius 3 is 2.81 bits per heavy atom. The van der Waals surface area contributed by atoms with Crippen LogP contribution in [-0.4, -0.2) is 26.9 Å². The predicted molar refractivity (Wildman–Crippen MR) is 99.5 cm³/mol. The Kier molecular flexibility index (Phi) is 5.35. The maximum absolute atomic E-state index is 12.9. The third kappa shape index (κ3) is 3.76. The first-order valence-corrected chi connectivity index (χ1v) is 9.05. The third-order valence-corrected chi connectivity index (χ3v) is 5.42. The molecular formula is C19H25N5O2. The minimum atomic E-state index is -0.591. The average Bonchev–Trinajstić information content (AvgIpc) is 3.18. The molecule has 0 saturated heterocycles. The van der Waals surface area contributed by atoms with Crippen LogP contribution in [0.2, 0.25) is 0 Å². The third-order valence-electron chi connectivity index (χ3n) is 5.42. The zero-order chi connectivity index (χ0) is 18.7. The second-order valence-electron chi connectivity index (χ2n) is 7.08. The summed E-state index contributed by atoms with van der Waals surface area (Å²) in [5, 5.41) is 9.49. The predicted octanol–water partition coefficient (Wildman–Crippen LogP) is 2.81. The van der Waals surface area contributed by atoms with Crippen LogP contribution < -0.4 is 11.1 Å². The molecule has 2 heterocycles. The molecule has 138 valence electrons. The van der Waals surface area contributed by atoms with Gasteiger partial charge in [-0.15, -0.1) is 0 Å². The molecule has 2 aromatic rings. The lowest BCUT2D eigenvalue weighted by atomic mass is 9.69. The van der Waals surface area contributed by atoms with Gasteiger partial charge in [0.1, 0.15) is 5.82 Å². The van der Waals surface area contributed by atoms with E-state index in [1.165, 1.54) is 6.20 Å². The zero-order valence-electron chi connectivity index (χ0n) is 15.2. The van der Waals surface area contributed by atoms with Crippen LogP contribution in [0.1, 0.15) is 49.7 Å². The standard InChI is InChI=1S/C19H25N5O2/c1-3-12-4-5-15(13-8-22-23-9-13)16(7-12)17(25)19(26)24-14-6-11(2)18(20)21-10-14/h6,8-10,12,15-16H,3-5,7H2,1-2H3,(H2,20,21)(H,22,23)(H,24,26)/t12-,15+,16?/m1/s1. The monoisotopic (exact) mass is 355 g/mol. The van der Waals surface area contributed by atoms with Crippen molar-refractivity contribution in [2.75, 3.05) is 11.1 Å². The highest BCUT2D eigenvalue weighted by molar-refractivity contribution is 6.41. The molecule has 0 bridgehead atoms. The van der Waals surface area contributed by atoms with Gasteiger partial charge in [-0.25, -0.2) is 4.98 Å². The van der Waals surface area contributed by atoms with Gasteiger partial charge >= 0.3 is 0 Å². The van der Waals surface area contributed by atoms with Crippen LogP contribution in [0.4, 0.5) is 11.5 Å². The maximum Gasteiger partial charge on any atom is 0.292 e. The van der Waals surface area contributed by atoms with Gasteiger partial charge in [0, 0.05) is 12.1 Å². The number of ketones is 1. The fraction of sp³-hybridized carbons (Fsp3) is 0.474. The van der Waals surface area contributed by atoms with Crippen molar-refractivity contribution in [3.63, 3.8) is 0 Å². The van der Waals surface area contributed by atoms with Crippen molar-refractivity contribution in [2.24, 2.45) is 11.8 Å². The van der Waals surface area contributed by atoms with Gasteiger partial charge in [0.05, 0.1) is 18.1 Å². The minimum Gasteiger partial charge on any atom is -0.383 e. The molecule has 1 amide bonds. The molecule has 1 unspecified atom stereocenters. The van der Waals surface area contributed by atoms with E-state index >= 15 is 0 Å². The van der Waals surface area contributed by atoms with Crippen molar-refractivity contribution in [2.45, 2.75) is 45.4 Å². The number of H-pyrrole nitrogens is 1. The summed E-state index contributed by atoms with van der Waals surface area (Å²) in [5.74, 6) is -0.377. The highest BCUT2D eigenvalue weighted by Crippen LogP contribution is 2.41. The topological polar surface area (TPSA) is 114 Å². The van der Waals surface area contributed by atoms with Crippen LogP contribution in [0.25, 0.3) is 0 Å². The number of Topliss-reactive ketones (excluding diaryl/α,β-unsaturated/α-hetero) is 1. The molecule has 1 aliphatic carbocycles. The molecule has 0 aromatic carbocycles.